The second kappa shape index (κ2) is 7.99. The van der Waals surface area contributed by atoms with E-state index in [-0.39, 0.29) is 12.1 Å². The minimum absolute atomic E-state index is 0.0565. The molecule has 0 radical (unpaired) electrons. The van der Waals surface area contributed by atoms with Gasteiger partial charge in [0.15, 0.2) is 0 Å². The number of anilines is 1. The van der Waals surface area contributed by atoms with Crippen LogP contribution >= 0.6 is 11.8 Å². The summed E-state index contributed by atoms with van der Waals surface area (Å²) in [4.78, 5) is 18.3. The summed E-state index contributed by atoms with van der Waals surface area (Å²) in [6, 6.07) is 6.06. The average Bonchev–Trinajstić information content (AvgIpc) is 2.93. The van der Waals surface area contributed by atoms with Gasteiger partial charge in [-0.05, 0) is 37.0 Å². The van der Waals surface area contributed by atoms with Gasteiger partial charge < -0.3 is 15.5 Å². The van der Waals surface area contributed by atoms with Gasteiger partial charge in [-0.3, -0.25) is 0 Å². The van der Waals surface area contributed by atoms with E-state index < -0.39 is 0 Å². The fourth-order valence-electron chi connectivity index (χ4n) is 2.28. The number of urea groups is 1. The molecular weight excluding hydrogens is 272 g/mol. The van der Waals surface area contributed by atoms with Gasteiger partial charge in [-0.1, -0.05) is 6.07 Å². The Morgan fingerprint density at radius 3 is 3.20 bits per heavy atom. The van der Waals surface area contributed by atoms with Crippen molar-refractivity contribution in [3.8, 4) is 0 Å². The highest BCUT2D eigenvalue weighted by Gasteiger charge is 2.24. The molecular formula is C14H22N4OS. The molecule has 2 N–H and O–H groups in total. The van der Waals surface area contributed by atoms with Crippen molar-refractivity contribution in [2.45, 2.75) is 18.9 Å². The number of rotatable bonds is 6. The van der Waals surface area contributed by atoms with Gasteiger partial charge in [0.2, 0.25) is 0 Å². The summed E-state index contributed by atoms with van der Waals surface area (Å²) in [6.07, 6.45) is 5.85. The molecule has 6 heteroatoms. The Bertz CT molecular complexity index is 415. The van der Waals surface area contributed by atoms with Crippen molar-refractivity contribution in [1.82, 2.24) is 15.6 Å². The molecule has 2 amide bonds. The van der Waals surface area contributed by atoms with Crippen molar-refractivity contribution in [2.75, 3.05) is 36.5 Å². The molecule has 1 fully saturated rings. The first-order valence-electron chi connectivity index (χ1n) is 6.99. The van der Waals surface area contributed by atoms with Crippen LogP contribution in [0.3, 0.4) is 0 Å². The molecule has 110 valence electrons. The van der Waals surface area contributed by atoms with Crippen LogP contribution in [0.25, 0.3) is 0 Å². The minimum Gasteiger partial charge on any atom is -0.354 e. The maximum Gasteiger partial charge on any atom is 0.315 e. The molecule has 1 aliphatic rings. The largest absolute Gasteiger partial charge is 0.354 e. The number of thioether (sulfide) groups is 1. The summed E-state index contributed by atoms with van der Waals surface area (Å²) in [5.41, 5.74) is 0. The summed E-state index contributed by atoms with van der Waals surface area (Å²) in [6.45, 7) is 2.51. The van der Waals surface area contributed by atoms with Gasteiger partial charge in [0.25, 0.3) is 0 Å². The highest BCUT2D eigenvalue weighted by atomic mass is 32.2. The van der Waals surface area contributed by atoms with Crippen molar-refractivity contribution >= 4 is 23.6 Å². The first-order chi connectivity index (χ1) is 9.79. The van der Waals surface area contributed by atoms with E-state index in [0.29, 0.717) is 0 Å². The number of hydrogen-bond acceptors (Lipinski definition) is 4. The third-order valence-corrected chi connectivity index (χ3v) is 4.00. The number of nitrogens with one attached hydrogen (secondary N) is 2. The Morgan fingerprint density at radius 1 is 1.55 bits per heavy atom. The third-order valence-electron chi connectivity index (χ3n) is 3.31. The van der Waals surface area contributed by atoms with Crippen LogP contribution in [-0.4, -0.2) is 48.7 Å². The summed E-state index contributed by atoms with van der Waals surface area (Å²) < 4.78 is 0. The molecule has 0 bridgehead atoms. The normalized spacial score (nSPS) is 18.1. The second-order valence-electron chi connectivity index (χ2n) is 4.87. The lowest BCUT2D eigenvalue weighted by Gasteiger charge is -2.17. The highest BCUT2D eigenvalue weighted by molar-refractivity contribution is 7.98. The third kappa shape index (κ3) is 4.59. The zero-order valence-corrected chi connectivity index (χ0v) is 12.7. The smallest absolute Gasteiger partial charge is 0.315 e. The topological polar surface area (TPSA) is 57.3 Å². The Hall–Kier alpha value is -1.43. The number of carbonyl (C=O) groups is 1. The zero-order chi connectivity index (χ0) is 14.2. The van der Waals surface area contributed by atoms with E-state index in [4.69, 9.17) is 0 Å². The van der Waals surface area contributed by atoms with Crippen molar-refractivity contribution in [3.05, 3.63) is 24.4 Å². The number of amides is 2. The lowest BCUT2D eigenvalue weighted by Crippen LogP contribution is -2.43. The number of nitrogens with zero attached hydrogens (tertiary/aromatic N) is 2. The van der Waals surface area contributed by atoms with Gasteiger partial charge in [0, 0.05) is 31.9 Å². The summed E-state index contributed by atoms with van der Waals surface area (Å²) >= 11 is 1.80. The molecule has 1 unspecified atom stereocenters. The number of carbonyl (C=O) groups excluding carboxylic acids is 1. The monoisotopic (exact) mass is 294 g/mol. The van der Waals surface area contributed by atoms with E-state index in [1.165, 1.54) is 0 Å². The molecule has 1 atom stereocenters. The molecule has 0 saturated carbocycles. The fourth-order valence-corrected chi connectivity index (χ4v) is 2.71. The predicted molar refractivity (Wildman–Crippen MR) is 84.4 cm³/mol. The predicted octanol–water partition coefficient (Wildman–Crippen LogP) is 1.71. The van der Waals surface area contributed by atoms with Crippen LogP contribution in [0.15, 0.2) is 24.4 Å². The van der Waals surface area contributed by atoms with Crippen molar-refractivity contribution in [1.29, 1.82) is 0 Å². The Labute approximate surface area is 124 Å². The van der Waals surface area contributed by atoms with E-state index in [9.17, 15) is 4.79 Å². The van der Waals surface area contributed by atoms with Gasteiger partial charge >= 0.3 is 6.03 Å². The zero-order valence-electron chi connectivity index (χ0n) is 11.8. The van der Waals surface area contributed by atoms with Crippen LogP contribution in [0.2, 0.25) is 0 Å². The first kappa shape index (κ1) is 15.0. The van der Waals surface area contributed by atoms with Crippen LogP contribution in [-0.2, 0) is 0 Å². The molecule has 5 nitrogen and oxygen atoms in total. The van der Waals surface area contributed by atoms with Gasteiger partial charge in [0.05, 0.1) is 0 Å². The van der Waals surface area contributed by atoms with Crippen molar-refractivity contribution < 1.29 is 4.79 Å². The Kier molecular flexibility index (Phi) is 5.98. The van der Waals surface area contributed by atoms with Crippen molar-refractivity contribution in [3.63, 3.8) is 0 Å². The molecule has 2 rings (SSSR count). The van der Waals surface area contributed by atoms with Crippen molar-refractivity contribution in [2.24, 2.45) is 0 Å². The molecule has 1 saturated heterocycles. The highest BCUT2D eigenvalue weighted by Crippen LogP contribution is 2.17. The summed E-state index contributed by atoms with van der Waals surface area (Å²) in [5.74, 6) is 2.06. The van der Waals surface area contributed by atoms with E-state index in [1.54, 1.807) is 18.0 Å². The second-order valence-corrected chi connectivity index (χ2v) is 5.85. The molecule has 0 aliphatic carbocycles. The molecule has 1 aromatic heterocycles. The number of pyridine rings is 1. The van der Waals surface area contributed by atoms with Gasteiger partial charge in [-0.2, -0.15) is 11.8 Å². The van der Waals surface area contributed by atoms with Crippen LogP contribution in [0, 0.1) is 0 Å². The average molecular weight is 294 g/mol. The molecule has 2 heterocycles. The van der Waals surface area contributed by atoms with Crippen LogP contribution in [0.5, 0.6) is 0 Å². The van der Waals surface area contributed by atoms with Crippen LogP contribution < -0.4 is 15.5 Å². The molecule has 0 spiro atoms. The maximum absolute atomic E-state index is 11.7. The quantitative estimate of drug-likeness (QED) is 0.784. The minimum atomic E-state index is -0.0565. The first-order valence-corrected chi connectivity index (χ1v) is 8.38. The number of aromatic nitrogens is 1. The lowest BCUT2D eigenvalue weighted by molar-refractivity contribution is 0.238. The van der Waals surface area contributed by atoms with Crippen LogP contribution in [0.1, 0.15) is 12.8 Å². The summed E-state index contributed by atoms with van der Waals surface area (Å²) in [7, 11) is 0. The fraction of sp³-hybridized carbons (Fsp3) is 0.571. The summed E-state index contributed by atoms with van der Waals surface area (Å²) in [5, 5.41) is 5.93. The Balaban J connectivity index is 1.69. The van der Waals surface area contributed by atoms with Gasteiger partial charge in [-0.15, -0.1) is 0 Å². The standard InChI is InChI=1S/C14H22N4OS/c1-20-10-4-8-16-14(19)17-12-6-9-18(11-12)13-5-2-3-7-15-13/h2-3,5,7,12H,4,6,8-11H2,1H3,(H2,16,17,19). The Morgan fingerprint density at radius 2 is 2.45 bits per heavy atom. The van der Waals surface area contributed by atoms with E-state index in [1.807, 2.05) is 18.2 Å². The van der Waals surface area contributed by atoms with E-state index in [0.717, 1.165) is 44.0 Å². The molecule has 1 aliphatic heterocycles. The van der Waals surface area contributed by atoms with Crippen LogP contribution in [0.4, 0.5) is 10.6 Å². The SMILES string of the molecule is CSCCCNC(=O)NC1CCN(c2ccccn2)C1. The molecule has 0 aromatic carbocycles. The van der Waals surface area contributed by atoms with E-state index in [2.05, 4.69) is 26.8 Å². The molecule has 1 aromatic rings. The van der Waals surface area contributed by atoms with Gasteiger partial charge in [0.1, 0.15) is 5.82 Å². The van der Waals surface area contributed by atoms with E-state index >= 15 is 0 Å². The lowest BCUT2D eigenvalue weighted by atomic mass is 10.3. The number of hydrogen-bond donors (Lipinski definition) is 2. The molecule has 20 heavy (non-hydrogen) atoms. The maximum atomic E-state index is 11.7. The van der Waals surface area contributed by atoms with Gasteiger partial charge in [-0.25, -0.2) is 9.78 Å².